The summed E-state index contributed by atoms with van der Waals surface area (Å²) in [6, 6.07) is 12.9. The summed E-state index contributed by atoms with van der Waals surface area (Å²) in [4.78, 5) is 0.131. The molecule has 6 heteroatoms. The maximum Gasteiger partial charge on any atom is 0.261 e. The largest absolute Gasteiger partial charge is 0.494 e. The van der Waals surface area contributed by atoms with Crippen LogP contribution in [0.5, 0.6) is 5.75 Å². The minimum atomic E-state index is -3.63. The molecular formula is C14H16N2O3S. The number of sulfonamides is 1. The molecule has 0 heterocycles. The van der Waals surface area contributed by atoms with Gasteiger partial charge in [0, 0.05) is 11.4 Å². The SMILES string of the molecule is CCOc1ccc(NS(=O)(=O)c2cccc(N)c2)cc1. The lowest BCUT2D eigenvalue weighted by Gasteiger charge is -2.09. The van der Waals surface area contributed by atoms with Crippen molar-refractivity contribution in [2.45, 2.75) is 11.8 Å². The molecule has 3 N–H and O–H groups in total. The summed E-state index contributed by atoms with van der Waals surface area (Å²) in [5, 5.41) is 0. The van der Waals surface area contributed by atoms with Crippen LogP contribution in [0.2, 0.25) is 0 Å². The molecule has 0 unspecified atom stereocenters. The van der Waals surface area contributed by atoms with Crippen LogP contribution in [0.25, 0.3) is 0 Å². The van der Waals surface area contributed by atoms with Gasteiger partial charge in [-0.2, -0.15) is 0 Å². The van der Waals surface area contributed by atoms with Crippen molar-refractivity contribution in [3.05, 3.63) is 48.5 Å². The van der Waals surface area contributed by atoms with Crippen molar-refractivity contribution >= 4 is 21.4 Å². The predicted octanol–water partition coefficient (Wildman–Crippen LogP) is 2.47. The Morgan fingerprint density at radius 1 is 1.15 bits per heavy atom. The lowest BCUT2D eigenvalue weighted by Crippen LogP contribution is -2.13. The van der Waals surface area contributed by atoms with E-state index in [0.29, 0.717) is 23.7 Å². The standard InChI is InChI=1S/C14H16N2O3S/c1-2-19-13-8-6-12(7-9-13)16-20(17,18)14-5-3-4-11(15)10-14/h3-10,16H,2,15H2,1H3. The number of hydrogen-bond acceptors (Lipinski definition) is 4. The van der Waals surface area contributed by atoms with E-state index < -0.39 is 10.0 Å². The molecular weight excluding hydrogens is 276 g/mol. The summed E-state index contributed by atoms with van der Waals surface area (Å²) >= 11 is 0. The third kappa shape index (κ3) is 3.42. The zero-order valence-electron chi connectivity index (χ0n) is 11.0. The molecule has 2 rings (SSSR count). The van der Waals surface area contributed by atoms with Crippen molar-refractivity contribution in [2.24, 2.45) is 0 Å². The highest BCUT2D eigenvalue weighted by atomic mass is 32.2. The van der Waals surface area contributed by atoms with Crippen LogP contribution in [0.15, 0.2) is 53.4 Å². The molecule has 0 amide bonds. The number of nitrogens with one attached hydrogen (secondary N) is 1. The zero-order valence-corrected chi connectivity index (χ0v) is 11.9. The molecule has 0 spiro atoms. The van der Waals surface area contributed by atoms with E-state index >= 15 is 0 Å². The zero-order chi connectivity index (χ0) is 14.6. The lowest BCUT2D eigenvalue weighted by molar-refractivity contribution is 0.340. The van der Waals surface area contributed by atoms with Crippen molar-refractivity contribution in [2.75, 3.05) is 17.1 Å². The number of benzene rings is 2. The molecule has 2 aromatic carbocycles. The Bertz CT molecular complexity index is 682. The molecule has 0 fully saturated rings. The van der Waals surface area contributed by atoms with Crippen LogP contribution in [0, 0.1) is 0 Å². The summed E-state index contributed by atoms with van der Waals surface area (Å²) in [6.45, 7) is 2.45. The number of ether oxygens (including phenoxy) is 1. The first-order chi connectivity index (χ1) is 9.51. The Kier molecular flexibility index (Phi) is 4.14. The third-order valence-electron chi connectivity index (χ3n) is 2.59. The second-order valence-electron chi connectivity index (χ2n) is 4.14. The first-order valence-corrected chi connectivity index (χ1v) is 7.61. The van der Waals surface area contributed by atoms with Crippen LogP contribution in [-0.2, 0) is 10.0 Å². The van der Waals surface area contributed by atoms with E-state index in [9.17, 15) is 8.42 Å². The van der Waals surface area contributed by atoms with Crippen molar-refractivity contribution < 1.29 is 13.2 Å². The smallest absolute Gasteiger partial charge is 0.261 e. The fraction of sp³-hybridized carbons (Fsp3) is 0.143. The van der Waals surface area contributed by atoms with Crippen LogP contribution in [0.3, 0.4) is 0 Å². The van der Waals surface area contributed by atoms with Gasteiger partial charge in [0.25, 0.3) is 10.0 Å². The Morgan fingerprint density at radius 3 is 2.45 bits per heavy atom. The van der Waals surface area contributed by atoms with Crippen LogP contribution in [-0.4, -0.2) is 15.0 Å². The topological polar surface area (TPSA) is 81.4 Å². The van der Waals surface area contributed by atoms with Gasteiger partial charge in [0.05, 0.1) is 11.5 Å². The molecule has 0 radical (unpaired) electrons. The van der Waals surface area contributed by atoms with Crippen molar-refractivity contribution in [3.8, 4) is 5.75 Å². The third-order valence-corrected chi connectivity index (χ3v) is 3.96. The van der Waals surface area contributed by atoms with Gasteiger partial charge in [0.15, 0.2) is 0 Å². The summed E-state index contributed by atoms with van der Waals surface area (Å²) in [7, 11) is -3.63. The molecule has 0 bridgehead atoms. The fourth-order valence-electron chi connectivity index (χ4n) is 1.68. The van der Waals surface area contributed by atoms with Crippen LogP contribution in [0.4, 0.5) is 11.4 Å². The number of nitrogens with two attached hydrogens (primary N) is 1. The molecule has 5 nitrogen and oxygen atoms in total. The van der Waals surface area contributed by atoms with Gasteiger partial charge in [-0.25, -0.2) is 8.42 Å². The Morgan fingerprint density at radius 2 is 1.85 bits per heavy atom. The minimum Gasteiger partial charge on any atom is -0.494 e. The first-order valence-electron chi connectivity index (χ1n) is 6.12. The maximum atomic E-state index is 12.2. The average Bonchev–Trinajstić information content (AvgIpc) is 2.41. The van der Waals surface area contributed by atoms with E-state index in [1.54, 1.807) is 36.4 Å². The van der Waals surface area contributed by atoms with Crippen molar-refractivity contribution in [3.63, 3.8) is 0 Å². The van der Waals surface area contributed by atoms with E-state index in [1.807, 2.05) is 6.92 Å². The summed E-state index contributed by atoms with van der Waals surface area (Å²) < 4.78 is 32.1. The molecule has 0 aliphatic rings. The molecule has 0 aliphatic carbocycles. The first kappa shape index (κ1) is 14.2. The van der Waals surface area contributed by atoms with Gasteiger partial charge in [-0.1, -0.05) is 6.07 Å². The highest BCUT2D eigenvalue weighted by molar-refractivity contribution is 7.92. The Hall–Kier alpha value is -2.21. The molecule has 0 aromatic heterocycles. The van der Waals surface area contributed by atoms with Crippen molar-refractivity contribution in [1.82, 2.24) is 0 Å². The van der Waals surface area contributed by atoms with E-state index in [0.717, 1.165) is 0 Å². The summed E-state index contributed by atoms with van der Waals surface area (Å²) in [5.41, 5.74) is 6.46. The van der Waals surface area contributed by atoms with E-state index in [4.69, 9.17) is 10.5 Å². The molecule has 0 saturated carbocycles. The highest BCUT2D eigenvalue weighted by Gasteiger charge is 2.14. The van der Waals surface area contributed by atoms with Gasteiger partial charge in [-0.15, -0.1) is 0 Å². The second kappa shape index (κ2) is 5.83. The molecule has 2 aromatic rings. The minimum absolute atomic E-state index is 0.131. The maximum absolute atomic E-state index is 12.2. The second-order valence-corrected chi connectivity index (χ2v) is 5.82. The van der Waals surface area contributed by atoms with Crippen LogP contribution in [0.1, 0.15) is 6.92 Å². The number of nitrogen functional groups attached to an aromatic ring is 1. The van der Waals surface area contributed by atoms with Gasteiger partial charge in [0.2, 0.25) is 0 Å². The van der Waals surface area contributed by atoms with Crippen LogP contribution < -0.4 is 15.2 Å². The average molecular weight is 292 g/mol. The normalized spacial score (nSPS) is 11.1. The van der Waals surface area contributed by atoms with Gasteiger partial charge in [0.1, 0.15) is 5.75 Å². The number of rotatable bonds is 5. The Labute approximate surface area is 118 Å². The van der Waals surface area contributed by atoms with Gasteiger partial charge in [-0.05, 0) is 49.4 Å². The molecule has 0 atom stereocenters. The molecule has 106 valence electrons. The molecule has 20 heavy (non-hydrogen) atoms. The number of hydrogen-bond donors (Lipinski definition) is 2. The van der Waals surface area contributed by atoms with Crippen LogP contribution >= 0.6 is 0 Å². The molecule has 0 saturated heterocycles. The Balaban J connectivity index is 2.20. The quantitative estimate of drug-likeness (QED) is 0.829. The van der Waals surface area contributed by atoms with E-state index in [1.165, 1.54) is 12.1 Å². The fourth-order valence-corrected chi connectivity index (χ4v) is 2.79. The van der Waals surface area contributed by atoms with Gasteiger partial charge in [-0.3, -0.25) is 4.72 Å². The van der Waals surface area contributed by atoms with Crippen molar-refractivity contribution in [1.29, 1.82) is 0 Å². The summed E-state index contributed by atoms with van der Waals surface area (Å²) in [5.74, 6) is 0.694. The van der Waals surface area contributed by atoms with E-state index in [-0.39, 0.29) is 4.90 Å². The molecule has 0 aliphatic heterocycles. The summed E-state index contributed by atoms with van der Waals surface area (Å²) in [6.07, 6.45) is 0. The van der Waals surface area contributed by atoms with E-state index in [2.05, 4.69) is 4.72 Å². The van der Waals surface area contributed by atoms with Gasteiger partial charge >= 0.3 is 0 Å². The van der Waals surface area contributed by atoms with Gasteiger partial charge < -0.3 is 10.5 Å². The lowest BCUT2D eigenvalue weighted by atomic mass is 10.3. The predicted molar refractivity (Wildman–Crippen MR) is 79.3 cm³/mol. The number of anilines is 2. The highest BCUT2D eigenvalue weighted by Crippen LogP contribution is 2.20. The monoisotopic (exact) mass is 292 g/mol.